The van der Waals surface area contributed by atoms with Crippen molar-refractivity contribution in [3.8, 4) is 11.3 Å². The molecule has 2 N–H and O–H groups in total. The van der Waals surface area contributed by atoms with Gasteiger partial charge < -0.3 is 10.6 Å². The third-order valence-electron chi connectivity index (χ3n) is 6.51. The zero-order chi connectivity index (χ0) is 23.2. The maximum absolute atomic E-state index is 13.3. The van der Waals surface area contributed by atoms with Crippen LogP contribution in [0.15, 0.2) is 47.8 Å². The number of amides is 4. The van der Waals surface area contributed by atoms with Gasteiger partial charge in [-0.3, -0.25) is 14.5 Å². The highest BCUT2D eigenvalue weighted by atomic mass is 32.1. The molecule has 5 rings (SSSR count). The Morgan fingerprint density at radius 2 is 2.00 bits per heavy atom. The fourth-order valence-electron chi connectivity index (χ4n) is 4.62. The number of imide groups is 1. The minimum absolute atomic E-state index is 0.354. The van der Waals surface area contributed by atoms with Crippen LogP contribution in [-0.2, 0) is 21.5 Å². The normalized spacial score (nSPS) is 19.5. The maximum Gasteiger partial charge on any atom is 0.325 e. The van der Waals surface area contributed by atoms with E-state index in [4.69, 9.17) is 0 Å². The van der Waals surface area contributed by atoms with Crippen LogP contribution in [0.1, 0.15) is 35.1 Å². The molecule has 1 aliphatic heterocycles. The number of urea groups is 1. The van der Waals surface area contributed by atoms with Crippen molar-refractivity contribution in [3.05, 3.63) is 70.1 Å². The van der Waals surface area contributed by atoms with Crippen LogP contribution in [0.5, 0.6) is 0 Å². The summed E-state index contributed by atoms with van der Waals surface area (Å²) in [6, 6.07) is 13.2. The zero-order valence-corrected chi connectivity index (χ0v) is 19.3. The summed E-state index contributed by atoms with van der Waals surface area (Å²) in [5, 5.41) is 7.91. The minimum atomic E-state index is -1.08. The van der Waals surface area contributed by atoms with Crippen molar-refractivity contribution in [1.82, 2.24) is 15.2 Å². The summed E-state index contributed by atoms with van der Waals surface area (Å²) in [4.78, 5) is 44.3. The SMILES string of the molecule is Cc1ccc(-c2csc(NC(=O)CN3C(=O)NC4(CCCc5ccccc54)C3=O)n2)cc1C. The van der Waals surface area contributed by atoms with Crippen molar-refractivity contribution in [2.24, 2.45) is 0 Å². The van der Waals surface area contributed by atoms with Crippen LogP contribution in [0, 0.1) is 13.8 Å². The van der Waals surface area contributed by atoms with Gasteiger partial charge in [0.15, 0.2) is 5.13 Å². The molecule has 168 valence electrons. The van der Waals surface area contributed by atoms with Crippen molar-refractivity contribution in [3.63, 3.8) is 0 Å². The standard InChI is InChI=1S/C25H24N4O3S/c1-15-9-10-18(12-16(15)2)20-14-33-23(26-20)27-21(30)13-29-22(31)25(28-24(29)32)11-5-7-17-6-3-4-8-19(17)25/h3-4,6,8-10,12,14H,5,7,11,13H2,1-2H3,(H,28,32)(H,26,27,30). The van der Waals surface area contributed by atoms with Gasteiger partial charge >= 0.3 is 6.03 Å². The van der Waals surface area contributed by atoms with Crippen molar-refractivity contribution in [1.29, 1.82) is 0 Å². The second-order valence-corrected chi connectivity index (χ2v) is 9.48. The number of fused-ring (bicyclic) bond motifs is 2. The summed E-state index contributed by atoms with van der Waals surface area (Å²) in [5.41, 5.74) is 4.93. The van der Waals surface area contributed by atoms with E-state index in [2.05, 4.69) is 28.6 Å². The van der Waals surface area contributed by atoms with Crippen LogP contribution in [-0.4, -0.2) is 34.3 Å². The molecule has 1 fully saturated rings. The first-order valence-electron chi connectivity index (χ1n) is 10.9. The lowest BCUT2D eigenvalue weighted by Crippen LogP contribution is -2.47. The van der Waals surface area contributed by atoms with Crippen LogP contribution >= 0.6 is 11.3 Å². The van der Waals surface area contributed by atoms with E-state index in [9.17, 15) is 14.4 Å². The Kier molecular flexibility index (Phi) is 5.25. The van der Waals surface area contributed by atoms with Gasteiger partial charge in [-0.2, -0.15) is 0 Å². The number of rotatable bonds is 4. The first kappa shape index (κ1) is 21.3. The number of nitrogens with one attached hydrogen (secondary N) is 2. The smallest absolute Gasteiger partial charge is 0.319 e. The molecule has 3 aromatic rings. The molecule has 7 nitrogen and oxygen atoms in total. The van der Waals surface area contributed by atoms with Crippen LogP contribution in [0.25, 0.3) is 11.3 Å². The van der Waals surface area contributed by atoms with E-state index >= 15 is 0 Å². The van der Waals surface area contributed by atoms with Gasteiger partial charge in [-0.05, 0) is 61.4 Å². The lowest BCUT2D eigenvalue weighted by atomic mass is 9.76. The molecule has 1 atom stereocenters. The Bertz CT molecular complexity index is 1280. The Morgan fingerprint density at radius 1 is 1.18 bits per heavy atom. The second-order valence-electron chi connectivity index (χ2n) is 8.62. The van der Waals surface area contributed by atoms with Crippen LogP contribution < -0.4 is 10.6 Å². The molecule has 8 heteroatoms. The van der Waals surface area contributed by atoms with Crippen molar-refractivity contribution in [2.45, 2.75) is 38.6 Å². The lowest BCUT2D eigenvalue weighted by molar-refractivity contribution is -0.134. The Labute approximate surface area is 195 Å². The number of carbonyl (C=O) groups is 3. The average molecular weight is 461 g/mol. The van der Waals surface area contributed by atoms with Crippen molar-refractivity contribution in [2.75, 3.05) is 11.9 Å². The molecule has 0 saturated carbocycles. The molecule has 2 aromatic carbocycles. The second kappa shape index (κ2) is 8.12. The molecule has 33 heavy (non-hydrogen) atoms. The van der Waals surface area contributed by atoms with Gasteiger partial charge in [0.2, 0.25) is 5.91 Å². The number of nitrogens with zero attached hydrogens (tertiary/aromatic N) is 2. The van der Waals surface area contributed by atoms with E-state index < -0.39 is 17.5 Å². The molecule has 1 aliphatic carbocycles. The predicted octanol–water partition coefficient (Wildman–Crippen LogP) is 4.15. The molecule has 1 unspecified atom stereocenters. The highest BCUT2D eigenvalue weighted by Gasteiger charge is 2.54. The number of hydrogen-bond acceptors (Lipinski definition) is 5. The van der Waals surface area contributed by atoms with Gasteiger partial charge in [0.1, 0.15) is 12.1 Å². The van der Waals surface area contributed by atoms with Gasteiger partial charge in [0.05, 0.1) is 5.69 Å². The van der Waals surface area contributed by atoms with E-state index in [1.807, 2.05) is 48.7 Å². The largest absolute Gasteiger partial charge is 0.325 e. The van der Waals surface area contributed by atoms with Crippen LogP contribution in [0.3, 0.4) is 0 Å². The van der Waals surface area contributed by atoms with Gasteiger partial charge in [-0.1, -0.05) is 36.4 Å². The van der Waals surface area contributed by atoms with E-state index in [-0.39, 0.29) is 12.5 Å². The van der Waals surface area contributed by atoms with Gasteiger partial charge in [0.25, 0.3) is 5.91 Å². The van der Waals surface area contributed by atoms with Crippen molar-refractivity contribution < 1.29 is 14.4 Å². The highest BCUT2D eigenvalue weighted by molar-refractivity contribution is 7.14. The molecular formula is C25H24N4O3S. The Hall–Kier alpha value is -3.52. The van der Waals surface area contributed by atoms with Gasteiger partial charge in [-0.25, -0.2) is 9.78 Å². The Morgan fingerprint density at radius 3 is 2.82 bits per heavy atom. The number of carbonyl (C=O) groups excluding carboxylic acids is 3. The fraction of sp³-hybridized carbons (Fsp3) is 0.280. The third kappa shape index (κ3) is 3.70. The lowest BCUT2D eigenvalue weighted by Gasteiger charge is -2.33. The summed E-state index contributed by atoms with van der Waals surface area (Å²) >= 11 is 1.31. The first-order valence-corrected chi connectivity index (χ1v) is 11.8. The fourth-order valence-corrected chi connectivity index (χ4v) is 5.36. The van der Waals surface area contributed by atoms with E-state index in [0.717, 1.165) is 40.1 Å². The predicted molar refractivity (Wildman–Crippen MR) is 127 cm³/mol. The highest BCUT2D eigenvalue weighted by Crippen LogP contribution is 2.39. The first-order chi connectivity index (χ1) is 15.9. The summed E-state index contributed by atoms with van der Waals surface area (Å²) in [6.07, 6.45) is 2.19. The summed E-state index contributed by atoms with van der Waals surface area (Å²) in [6.45, 7) is 3.74. The summed E-state index contributed by atoms with van der Waals surface area (Å²) < 4.78 is 0. The minimum Gasteiger partial charge on any atom is -0.319 e. The molecular weight excluding hydrogens is 436 g/mol. The monoisotopic (exact) mass is 460 g/mol. The molecule has 0 radical (unpaired) electrons. The average Bonchev–Trinajstić information content (AvgIpc) is 3.35. The zero-order valence-electron chi connectivity index (χ0n) is 18.5. The summed E-state index contributed by atoms with van der Waals surface area (Å²) in [5.74, 6) is -0.828. The van der Waals surface area contributed by atoms with Crippen LogP contribution in [0.4, 0.5) is 9.93 Å². The van der Waals surface area contributed by atoms with Gasteiger partial charge in [0, 0.05) is 10.9 Å². The maximum atomic E-state index is 13.3. The Balaban J connectivity index is 1.30. The van der Waals surface area contributed by atoms with E-state index in [0.29, 0.717) is 11.6 Å². The number of thiazole rings is 1. The number of aromatic nitrogens is 1. The third-order valence-corrected chi connectivity index (χ3v) is 7.26. The van der Waals surface area contributed by atoms with Crippen molar-refractivity contribution >= 4 is 34.3 Å². The molecule has 0 bridgehead atoms. The molecule has 1 spiro atoms. The number of benzene rings is 2. The summed E-state index contributed by atoms with van der Waals surface area (Å²) in [7, 11) is 0. The van der Waals surface area contributed by atoms with E-state index in [1.54, 1.807) is 0 Å². The topological polar surface area (TPSA) is 91.4 Å². The van der Waals surface area contributed by atoms with Crippen LogP contribution in [0.2, 0.25) is 0 Å². The van der Waals surface area contributed by atoms with E-state index in [1.165, 1.54) is 22.5 Å². The molecule has 1 saturated heterocycles. The quantitative estimate of drug-likeness (QED) is 0.572. The molecule has 2 aliphatic rings. The number of hydrogen-bond donors (Lipinski definition) is 2. The molecule has 4 amide bonds. The molecule has 2 heterocycles. The van der Waals surface area contributed by atoms with Gasteiger partial charge in [-0.15, -0.1) is 11.3 Å². The number of aryl methyl sites for hydroxylation is 3. The molecule has 1 aromatic heterocycles. The number of anilines is 1.